The van der Waals surface area contributed by atoms with Gasteiger partial charge >= 0.3 is 5.69 Å². The first-order chi connectivity index (χ1) is 13.7. The van der Waals surface area contributed by atoms with Crippen molar-refractivity contribution in [1.82, 2.24) is 19.9 Å². The van der Waals surface area contributed by atoms with E-state index in [1.165, 1.54) is 16.7 Å². The van der Waals surface area contributed by atoms with E-state index in [1.54, 1.807) is 19.1 Å². The Balaban J connectivity index is 2.10. The average Bonchev–Trinajstić information content (AvgIpc) is 2.64. The molecule has 2 N–H and O–H groups in total. The van der Waals surface area contributed by atoms with Gasteiger partial charge in [0.25, 0.3) is 11.5 Å². The molecule has 0 radical (unpaired) electrons. The maximum absolute atomic E-state index is 13.6. The number of carbonyl (C=O) groups is 1. The SMILES string of the molecule is CCn1c(=O)[nH]c(=O)c2c(C(=O)NCc3cc(F)cc(Br)c3)cc(C(C)C)nc21. The number of hydrogen-bond donors (Lipinski definition) is 2. The van der Waals surface area contributed by atoms with Gasteiger partial charge in [-0.05, 0) is 42.7 Å². The van der Waals surface area contributed by atoms with Gasteiger partial charge in [-0.1, -0.05) is 29.8 Å². The molecule has 2 aromatic heterocycles. The lowest BCUT2D eigenvalue weighted by Gasteiger charge is -2.14. The number of rotatable bonds is 5. The second kappa shape index (κ2) is 8.28. The van der Waals surface area contributed by atoms with E-state index in [4.69, 9.17) is 0 Å². The van der Waals surface area contributed by atoms with Gasteiger partial charge in [0.05, 0.1) is 10.9 Å². The summed E-state index contributed by atoms with van der Waals surface area (Å²) in [7, 11) is 0. The maximum Gasteiger partial charge on any atom is 0.329 e. The summed E-state index contributed by atoms with van der Waals surface area (Å²) in [5.41, 5.74) is 0.199. The van der Waals surface area contributed by atoms with Crippen molar-refractivity contribution in [2.24, 2.45) is 0 Å². The standard InChI is InChI=1S/C20H20BrFN4O3/c1-4-26-17-16(19(28)25-20(26)29)14(8-15(24-17)10(2)3)18(27)23-9-11-5-12(21)7-13(22)6-11/h5-8,10H,4,9H2,1-3H3,(H,23,27)(H,25,28,29). The molecule has 0 aliphatic heterocycles. The Labute approximate surface area is 174 Å². The Bertz CT molecular complexity index is 1200. The van der Waals surface area contributed by atoms with Crippen molar-refractivity contribution in [1.29, 1.82) is 0 Å². The first-order valence-corrected chi connectivity index (χ1v) is 9.91. The van der Waals surface area contributed by atoms with Crippen LogP contribution in [0.1, 0.15) is 48.3 Å². The lowest BCUT2D eigenvalue weighted by Crippen LogP contribution is -2.33. The fourth-order valence-electron chi connectivity index (χ4n) is 3.05. The molecule has 0 saturated carbocycles. The third kappa shape index (κ3) is 4.29. The van der Waals surface area contributed by atoms with Crippen molar-refractivity contribution in [2.75, 3.05) is 0 Å². The van der Waals surface area contributed by atoms with Crippen LogP contribution in [0.15, 0.2) is 38.3 Å². The van der Waals surface area contributed by atoms with Crippen molar-refractivity contribution in [3.05, 3.63) is 72.2 Å². The summed E-state index contributed by atoms with van der Waals surface area (Å²) in [4.78, 5) is 44.3. The molecular formula is C20H20BrFN4O3. The Hall–Kier alpha value is -2.81. The second-order valence-electron chi connectivity index (χ2n) is 6.91. The summed E-state index contributed by atoms with van der Waals surface area (Å²) < 4.78 is 15.5. The number of benzene rings is 1. The molecule has 3 rings (SSSR count). The van der Waals surface area contributed by atoms with Gasteiger partial charge in [-0.25, -0.2) is 14.2 Å². The number of nitrogens with one attached hydrogen (secondary N) is 2. The highest BCUT2D eigenvalue weighted by Gasteiger charge is 2.20. The average molecular weight is 463 g/mol. The van der Waals surface area contributed by atoms with Crippen LogP contribution < -0.4 is 16.6 Å². The topological polar surface area (TPSA) is 96.9 Å². The van der Waals surface area contributed by atoms with Crippen LogP contribution in [0.5, 0.6) is 0 Å². The van der Waals surface area contributed by atoms with Crippen molar-refractivity contribution in [3.63, 3.8) is 0 Å². The number of halogens is 2. The van der Waals surface area contributed by atoms with E-state index in [0.717, 1.165) is 0 Å². The van der Waals surface area contributed by atoms with Gasteiger partial charge in [0, 0.05) is 23.3 Å². The van der Waals surface area contributed by atoms with Gasteiger partial charge in [-0.2, -0.15) is 0 Å². The molecule has 0 bridgehead atoms. The zero-order valence-electron chi connectivity index (χ0n) is 16.2. The van der Waals surface area contributed by atoms with Gasteiger partial charge in [0.15, 0.2) is 5.65 Å². The van der Waals surface area contributed by atoms with Gasteiger partial charge in [-0.3, -0.25) is 19.1 Å². The third-order valence-electron chi connectivity index (χ3n) is 4.50. The van der Waals surface area contributed by atoms with Crippen molar-refractivity contribution in [2.45, 2.75) is 39.8 Å². The fourth-order valence-corrected chi connectivity index (χ4v) is 3.56. The molecule has 0 aliphatic carbocycles. The van der Waals surface area contributed by atoms with E-state index in [1.807, 2.05) is 13.8 Å². The second-order valence-corrected chi connectivity index (χ2v) is 7.83. The van der Waals surface area contributed by atoms with Crippen LogP contribution in [0.3, 0.4) is 0 Å². The third-order valence-corrected chi connectivity index (χ3v) is 4.95. The number of aromatic amines is 1. The van der Waals surface area contributed by atoms with Gasteiger partial charge < -0.3 is 5.32 Å². The number of H-pyrrole nitrogens is 1. The number of aromatic nitrogens is 3. The largest absolute Gasteiger partial charge is 0.348 e. The molecule has 2 heterocycles. The molecule has 29 heavy (non-hydrogen) atoms. The van der Waals surface area contributed by atoms with Crippen LogP contribution >= 0.6 is 15.9 Å². The molecule has 152 valence electrons. The smallest absolute Gasteiger partial charge is 0.329 e. The number of carbonyl (C=O) groups excluding carboxylic acids is 1. The Morgan fingerprint density at radius 1 is 1.28 bits per heavy atom. The molecule has 0 atom stereocenters. The van der Waals surface area contributed by atoms with Gasteiger partial charge in [0.1, 0.15) is 5.82 Å². The molecule has 7 nitrogen and oxygen atoms in total. The normalized spacial score (nSPS) is 11.2. The highest BCUT2D eigenvalue weighted by molar-refractivity contribution is 9.10. The van der Waals surface area contributed by atoms with Crippen LogP contribution in [0.2, 0.25) is 0 Å². The Morgan fingerprint density at radius 3 is 2.62 bits per heavy atom. The predicted octanol–water partition coefficient (Wildman–Crippen LogP) is 3.06. The lowest BCUT2D eigenvalue weighted by molar-refractivity contribution is 0.0952. The summed E-state index contributed by atoms with van der Waals surface area (Å²) in [6.45, 7) is 5.92. The molecule has 1 amide bonds. The monoisotopic (exact) mass is 462 g/mol. The summed E-state index contributed by atoms with van der Waals surface area (Å²) in [5.74, 6) is -0.959. The highest BCUT2D eigenvalue weighted by Crippen LogP contribution is 2.20. The van der Waals surface area contributed by atoms with Crippen LogP contribution in [0.4, 0.5) is 4.39 Å². The number of aryl methyl sites for hydroxylation is 1. The van der Waals surface area contributed by atoms with Gasteiger partial charge in [-0.15, -0.1) is 0 Å². The zero-order chi connectivity index (χ0) is 21.3. The number of amides is 1. The number of pyridine rings is 1. The first-order valence-electron chi connectivity index (χ1n) is 9.12. The van der Waals surface area contributed by atoms with E-state index in [9.17, 15) is 18.8 Å². The Kier molecular flexibility index (Phi) is 5.97. The summed E-state index contributed by atoms with van der Waals surface area (Å²) in [6.07, 6.45) is 0. The summed E-state index contributed by atoms with van der Waals surface area (Å²) in [6, 6.07) is 5.88. The molecule has 3 aromatic rings. The fraction of sp³-hybridized carbons (Fsp3) is 0.300. The molecule has 0 unspecified atom stereocenters. The molecule has 0 saturated heterocycles. The van der Waals surface area contributed by atoms with E-state index in [-0.39, 0.29) is 29.1 Å². The first kappa shape index (κ1) is 20.9. The van der Waals surface area contributed by atoms with Crippen LogP contribution in [0, 0.1) is 5.82 Å². The van der Waals surface area contributed by atoms with Crippen molar-refractivity contribution < 1.29 is 9.18 Å². The van der Waals surface area contributed by atoms with Crippen LogP contribution in [-0.2, 0) is 13.1 Å². The summed E-state index contributed by atoms with van der Waals surface area (Å²) in [5, 5.41) is 2.76. The van der Waals surface area contributed by atoms with E-state index >= 15 is 0 Å². The minimum absolute atomic E-state index is 0.0233. The molecule has 0 fully saturated rings. The summed E-state index contributed by atoms with van der Waals surface area (Å²) >= 11 is 3.22. The van der Waals surface area contributed by atoms with Crippen molar-refractivity contribution >= 4 is 32.9 Å². The highest BCUT2D eigenvalue weighted by atomic mass is 79.9. The maximum atomic E-state index is 13.6. The Morgan fingerprint density at radius 2 is 2.00 bits per heavy atom. The lowest BCUT2D eigenvalue weighted by atomic mass is 10.0. The quantitative estimate of drug-likeness (QED) is 0.608. The number of fused-ring (bicyclic) bond motifs is 1. The molecule has 1 aromatic carbocycles. The predicted molar refractivity (Wildman–Crippen MR) is 112 cm³/mol. The van der Waals surface area contributed by atoms with Crippen LogP contribution in [-0.4, -0.2) is 20.4 Å². The van der Waals surface area contributed by atoms with E-state index in [0.29, 0.717) is 22.3 Å². The molecular weight excluding hydrogens is 443 g/mol. The number of nitrogens with zero attached hydrogens (tertiary/aromatic N) is 2. The zero-order valence-corrected chi connectivity index (χ0v) is 17.8. The minimum atomic E-state index is -0.670. The number of hydrogen-bond acceptors (Lipinski definition) is 4. The van der Waals surface area contributed by atoms with Crippen LogP contribution in [0.25, 0.3) is 11.0 Å². The minimum Gasteiger partial charge on any atom is -0.348 e. The molecule has 0 aliphatic rings. The molecule has 0 spiro atoms. The molecule has 9 heteroatoms. The van der Waals surface area contributed by atoms with Crippen molar-refractivity contribution in [3.8, 4) is 0 Å². The van der Waals surface area contributed by atoms with Gasteiger partial charge in [0.2, 0.25) is 0 Å². The van der Waals surface area contributed by atoms with E-state index < -0.39 is 23.0 Å². The van der Waals surface area contributed by atoms with E-state index in [2.05, 4.69) is 31.2 Å².